The van der Waals surface area contributed by atoms with E-state index >= 15 is 0 Å². The maximum atomic E-state index is 12.4. The first-order valence-corrected chi connectivity index (χ1v) is 9.79. The number of carbonyl (C=O) groups excluding carboxylic acids is 2. The normalized spacial score (nSPS) is 28.8. The van der Waals surface area contributed by atoms with Crippen molar-refractivity contribution in [1.82, 2.24) is 21.2 Å². The van der Waals surface area contributed by atoms with E-state index in [9.17, 15) is 23.1 Å². The fourth-order valence-corrected chi connectivity index (χ4v) is 4.04. The lowest BCUT2D eigenvalue weighted by atomic mass is 9.84. The Morgan fingerprint density at radius 3 is 2.58 bits per heavy atom. The number of hydrazine groups is 1. The molecule has 2 aliphatic heterocycles. The van der Waals surface area contributed by atoms with Gasteiger partial charge in [0.1, 0.15) is 0 Å². The van der Waals surface area contributed by atoms with Gasteiger partial charge in [-0.15, -0.1) is 4.28 Å². The van der Waals surface area contributed by atoms with Crippen molar-refractivity contribution in [2.45, 2.75) is 38.1 Å². The zero-order valence-electron chi connectivity index (χ0n) is 13.9. The summed E-state index contributed by atoms with van der Waals surface area (Å²) in [6.45, 7) is 1.41. The third-order valence-corrected chi connectivity index (χ3v) is 5.29. The Hall–Kier alpha value is -1.89. The molecule has 3 rings (SSSR count). The summed E-state index contributed by atoms with van der Waals surface area (Å²) < 4.78 is 34.8. The van der Waals surface area contributed by atoms with E-state index in [1.165, 1.54) is 0 Å². The number of carbonyl (C=O) groups is 2. The summed E-state index contributed by atoms with van der Waals surface area (Å²) in [5, 5.41) is 16.0. The van der Waals surface area contributed by atoms with Gasteiger partial charge in [0.25, 0.3) is 5.88 Å². The van der Waals surface area contributed by atoms with E-state index in [0.29, 0.717) is 24.4 Å². The van der Waals surface area contributed by atoms with Crippen LogP contribution < -0.4 is 16.2 Å². The molecular weight excluding hydrogens is 368 g/mol. The van der Waals surface area contributed by atoms with Gasteiger partial charge in [-0.25, -0.2) is 0 Å². The quantitative estimate of drug-likeness (QED) is 0.352. The predicted molar refractivity (Wildman–Crippen MR) is 85.2 cm³/mol. The van der Waals surface area contributed by atoms with Gasteiger partial charge >= 0.3 is 10.4 Å². The Balaban J connectivity index is 1.60. The van der Waals surface area contributed by atoms with Crippen LogP contribution in [-0.4, -0.2) is 49.0 Å². The third-order valence-electron chi connectivity index (χ3n) is 4.94. The molecule has 1 radical (unpaired) electrons. The molecule has 0 aromatic heterocycles. The molecule has 4 N–H and O–H groups in total. The van der Waals surface area contributed by atoms with Crippen LogP contribution in [0.3, 0.4) is 0 Å². The summed E-state index contributed by atoms with van der Waals surface area (Å²) in [5.74, 6) is -2.57. The number of hydrogen-bond acceptors (Lipinski definition) is 7. The largest absolute Gasteiger partial charge is 0.418 e. The summed E-state index contributed by atoms with van der Waals surface area (Å²) in [4.78, 5) is 24.4. The molecule has 1 aliphatic carbocycles. The second-order valence-corrected chi connectivity index (χ2v) is 7.67. The van der Waals surface area contributed by atoms with Crippen LogP contribution in [-0.2, 0) is 29.4 Å². The third kappa shape index (κ3) is 4.09. The van der Waals surface area contributed by atoms with Crippen molar-refractivity contribution in [3.05, 3.63) is 11.5 Å². The Labute approximate surface area is 150 Å². The summed E-state index contributed by atoms with van der Waals surface area (Å²) in [7, 11) is -4.82. The molecule has 0 spiro atoms. The zero-order chi connectivity index (χ0) is 18.9. The van der Waals surface area contributed by atoms with Gasteiger partial charge < -0.3 is 5.32 Å². The monoisotopic (exact) mass is 389 g/mol. The summed E-state index contributed by atoms with van der Waals surface area (Å²) in [6, 6.07) is -0.536. The van der Waals surface area contributed by atoms with Crippen molar-refractivity contribution in [2.75, 3.05) is 13.1 Å². The summed E-state index contributed by atoms with van der Waals surface area (Å²) >= 11 is 0. The minimum Gasteiger partial charge on any atom is -0.316 e. The summed E-state index contributed by atoms with van der Waals surface area (Å²) in [5.41, 5.74) is 4.94. The minimum atomic E-state index is -4.82. The molecule has 11 nitrogen and oxygen atoms in total. The minimum absolute atomic E-state index is 0.174. The molecule has 1 saturated carbocycles. The van der Waals surface area contributed by atoms with Gasteiger partial charge in [-0.2, -0.15) is 13.5 Å². The van der Waals surface area contributed by atoms with Gasteiger partial charge in [0.15, 0.2) is 0 Å². The zero-order valence-corrected chi connectivity index (χ0v) is 14.8. The highest BCUT2D eigenvalue weighted by atomic mass is 32.3. The van der Waals surface area contributed by atoms with E-state index in [4.69, 9.17) is 4.55 Å². The van der Waals surface area contributed by atoms with Gasteiger partial charge in [0.2, 0.25) is 11.8 Å². The summed E-state index contributed by atoms with van der Waals surface area (Å²) in [6.07, 6.45) is 2.43. The van der Waals surface area contributed by atoms with Crippen molar-refractivity contribution in [3.8, 4) is 0 Å². The van der Waals surface area contributed by atoms with Crippen LogP contribution in [0.1, 0.15) is 32.1 Å². The van der Waals surface area contributed by atoms with Crippen LogP contribution in [0.4, 0.5) is 0 Å². The lowest BCUT2D eigenvalue weighted by molar-refractivity contribution is -0.133. The molecule has 0 unspecified atom stereocenters. The van der Waals surface area contributed by atoms with Crippen LogP contribution in [0.5, 0.6) is 0 Å². The molecule has 0 aromatic rings. The van der Waals surface area contributed by atoms with Crippen molar-refractivity contribution in [2.24, 2.45) is 11.8 Å². The van der Waals surface area contributed by atoms with Gasteiger partial charge in [-0.3, -0.25) is 30.1 Å². The van der Waals surface area contributed by atoms with Crippen LogP contribution >= 0.6 is 0 Å². The van der Waals surface area contributed by atoms with Crippen LogP contribution in [0.2, 0.25) is 0 Å². The molecule has 3 atom stereocenters. The second kappa shape index (κ2) is 7.39. The molecule has 2 bridgehead atoms. The Morgan fingerprint density at radius 2 is 1.92 bits per heavy atom. The first-order chi connectivity index (χ1) is 12.3. The Morgan fingerprint density at radius 1 is 1.19 bits per heavy atom. The van der Waals surface area contributed by atoms with Crippen molar-refractivity contribution in [1.29, 1.82) is 0 Å². The molecule has 2 amide bonds. The highest BCUT2D eigenvalue weighted by Gasteiger charge is 2.45. The van der Waals surface area contributed by atoms with Crippen molar-refractivity contribution < 1.29 is 31.9 Å². The number of amides is 2. The number of nitrogens with zero attached hydrogens (tertiary/aromatic N) is 1. The lowest BCUT2D eigenvalue weighted by Crippen LogP contribution is -2.50. The average Bonchev–Trinajstić information content (AvgIpc) is 2.84. The predicted octanol–water partition coefficient (Wildman–Crippen LogP) is -1.01. The molecule has 2 fully saturated rings. The van der Waals surface area contributed by atoms with E-state index in [2.05, 4.69) is 20.5 Å². The molecule has 145 valence electrons. The second-order valence-electron chi connectivity index (χ2n) is 6.67. The average molecular weight is 389 g/mol. The first-order valence-electron chi connectivity index (χ1n) is 8.43. The van der Waals surface area contributed by atoms with Gasteiger partial charge in [0, 0.05) is 12.1 Å². The fraction of sp³-hybridized carbons (Fsp3) is 0.714. The fourth-order valence-electron chi connectivity index (χ4n) is 3.65. The molecule has 26 heavy (non-hydrogen) atoms. The molecule has 3 aliphatic rings. The molecule has 2 heterocycles. The molecule has 1 saturated heterocycles. The lowest BCUT2D eigenvalue weighted by Gasteiger charge is -2.26. The number of fused-ring (bicyclic) bond motifs is 2. The standard InChI is InChI=1S/C14H21N4O7S/c19-12(8-2-1-5-15-7-8)16-17-13(20)10-4-3-9-6-11(10)14(21)18(9)25-26(22,23)24/h8-10,15H,1-7H2,(H,16,19)(H,17,20)(H,22,23,24)/t8-,9-,10-/m1/s1. The SMILES string of the molecule is [O]C1=C2C[C@@H](CC[C@H]2C(=O)NNC(=O)[C@@H]2CCCNC2)N1OS(=O)(=O)O. The maximum Gasteiger partial charge on any atom is 0.418 e. The van der Waals surface area contributed by atoms with E-state index in [-0.39, 0.29) is 23.8 Å². The highest BCUT2D eigenvalue weighted by Crippen LogP contribution is 2.42. The molecular formula is C14H21N4O7S. The Bertz CT molecular complexity index is 717. The van der Waals surface area contributed by atoms with Crippen LogP contribution in [0, 0.1) is 11.8 Å². The number of nitrogens with one attached hydrogen (secondary N) is 3. The number of hydrogen-bond donors (Lipinski definition) is 4. The smallest absolute Gasteiger partial charge is 0.316 e. The first kappa shape index (κ1) is 18.9. The topological polar surface area (TPSA) is 157 Å². The van der Waals surface area contributed by atoms with Gasteiger partial charge in [-0.05, 0) is 38.6 Å². The molecule has 12 heteroatoms. The van der Waals surface area contributed by atoms with Crippen molar-refractivity contribution >= 4 is 22.2 Å². The van der Waals surface area contributed by atoms with E-state index < -0.39 is 34.1 Å². The van der Waals surface area contributed by atoms with E-state index in [0.717, 1.165) is 19.4 Å². The van der Waals surface area contributed by atoms with Crippen molar-refractivity contribution in [3.63, 3.8) is 0 Å². The van der Waals surface area contributed by atoms with Crippen LogP contribution in [0.25, 0.3) is 0 Å². The van der Waals surface area contributed by atoms with E-state index in [1.54, 1.807) is 0 Å². The number of piperidine rings is 1. The highest BCUT2D eigenvalue weighted by molar-refractivity contribution is 7.80. The number of hydroxylamine groups is 2. The Kier molecular flexibility index (Phi) is 5.37. The maximum absolute atomic E-state index is 12.4. The molecule has 0 aromatic carbocycles. The number of rotatable bonds is 4. The van der Waals surface area contributed by atoms with E-state index in [1.807, 2.05) is 0 Å². The van der Waals surface area contributed by atoms with Gasteiger partial charge in [-0.1, -0.05) is 0 Å². The van der Waals surface area contributed by atoms with Gasteiger partial charge in [0.05, 0.1) is 17.9 Å². The van der Waals surface area contributed by atoms with Crippen LogP contribution in [0.15, 0.2) is 11.5 Å².